The number of nitrogens with zero attached hydrogens (tertiary/aromatic N) is 6. The van der Waals surface area contributed by atoms with Gasteiger partial charge in [-0.25, -0.2) is 4.98 Å². The number of carbonyl (C=O) groups is 1. The number of hydrogen-bond donors (Lipinski definition) is 0. The molecule has 1 aliphatic heterocycles. The predicted octanol–water partition coefficient (Wildman–Crippen LogP) is 1.43. The van der Waals surface area contributed by atoms with Gasteiger partial charge < -0.3 is 14.2 Å². The monoisotopic (exact) mass is 352 g/mol. The van der Waals surface area contributed by atoms with E-state index in [9.17, 15) is 4.79 Å². The molecule has 3 aromatic rings. The van der Waals surface area contributed by atoms with Crippen LogP contribution in [0.25, 0.3) is 0 Å². The molecule has 0 radical (unpaired) electrons. The Hall–Kier alpha value is -3.00. The Labute approximate surface area is 151 Å². The molecule has 8 nitrogen and oxygen atoms in total. The molecule has 4 heterocycles. The second-order valence-electron chi connectivity index (χ2n) is 6.31. The van der Waals surface area contributed by atoms with E-state index in [1.54, 1.807) is 42.7 Å². The van der Waals surface area contributed by atoms with Gasteiger partial charge in [-0.1, -0.05) is 6.07 Å². The summed E-state index contributed by atoms with van der Waals surface area (Å²) in [5.74, 6) is -0.0350. The fraction of sp³-hybridized carbons (Fsp3) is 0.333. The minimum Gasteiger partial charge on any atom is -0.373 e. The van der Waals surface area contributed by atoms with E-state index in [0.29, 0.717) is 32.0 Å². The number of fused-ring (bicyclic) bond motifs is 1. The molecule has 0 unspecified atom stereocenters. The highest BCUT2D eigenvalue weighted by atomic mass is 16.5. The van der Waals surface area contributed by atoms with Gasteiger partial charge in [0.25, 0.3) is 5.91 Å². The number of imidazole rings is 1. The van der Waals surface area contributed by atoms with Gasteiger partial charge in [0.2, 0.25) is 0 Å². The van der Waals surface area contributed by atoms with Gasteiger partial charge in [-0.3, -0.25) is 14.5 Å². The van der Waals surface area contributed by atoms with Gasteiger partial charge in [0.15, 0.2) is 0 Å². The summed E-state index contributed by atoms with van der Waals surface area (Å²) in [5, 5.41) is 4.09. The Morgan fingerprint density at radius 2 is 2.23 bits per heavy atom. The Morgan fingerprint density at radius 3 is 3.00 bits per heavy atom. The van der Waals surface area contributed by atoms with Gasteiger partial charge in [-0.2, -0.15) is 5.10 Å². The van der Waals surface area contributed by atoms with Crippen LogP contribution in [0.4, 0.5) is 0 Å². The molecule has 0 N–H and O–H groups in total. The third-order valence-corrected chi connectivity index (χ3v) is 4.54. The number of aromatic nitrogens is 5. The molecule has 134 valence electrons. The fourth-order valence-corrected chi connectivity index (χ4v) is 3.20. The number of carbonyl (C=O) groups excluding carboxylic acids is 1. The molecule has 4 rings (SSSR count). The smallest absolute Gasteiger partial charge is 0.272 e. The first kappa shape index (κ1) is 16.5. The first-order chi connectivity index (χ1) is 12.7. The van der Waals surface area contributed by atoms with Crippen molar-refractivity contribution in [1.82, 2.24) is 29.2 Å². The molecular weight excluding hydrogens is 332 g/mol. The Morgan fingerprint density at radius 1 is 1.31 bits per heavy atom. The highest BCUT2D eigenvalue weighted by molar-refractivity contribution is 5.92. The number of hydrogen-bond acceptors (Lipinski definition) is 5. The maximum atomic E-state index is 12.8. The van der Waals surface area contributed by atoms with E-state index >= 15 is 0 Å². The zero-order valence-corrected chi connectivity index (χ0v) is 14.5. The van der Waals surface area contributed by atoms with Crippen molar-refractivity contribution < 1.29 is 9.53 Å². The van der Waals surface area contributed by atoms with Gasteiger partial charge in [0.1, 0.15) is 5.69 Å². The van der Waals surface area contributed by atoms with Crippen molar-refractivity contribution >= 4 is 5.91 Å². The van der Waals surface area contributed by atoms with Crippen molar-refractivity contribution in [2.24, 2.45) is 7.05 Å². The van der Waals surface area contributed by atoms with E-state index in [2.05, 4.69) is 19.6 Å². The minimum atomic E-state index is -0.0350. The van der Waals surface area contributed by atoms with Crippen molar-refractivity contribution in [3.8, 4) is 0 Å². The Bertz CT molecular complexity index is 888. The SMILES string of the molecule is Cn1nccc1C(=O)N1Cc2cncn2[C@@H](COCc2ccccn2)C1. The van der Waals surface area contributed by atoms with E-state index in [1.807, 2.05) is 23.1 Å². The third-order valence-electron chi connectivity index (χ3n) is 4.54. The standard InChI is InChI=1S/C18H20N6O2/c1-22-17(5-7-21-22)18(25)23-9-15-8-19-13-24(15)16(10-23)12-26-11-14-4-2-3-6-20-14/h2-8,13,16H,9-12H2,1H3/t16-/m1/s1. The molecule has 1 aliphatic rings. The van der Waals surface area contributed by atoms with E-state index in [1.165, 1.54) is 0 Å². The van der Waals surface area contributed by atoms with Crippen molar-refractivity contribution in [3.05, 3.63) is 66.3 Å². The summed E-state index contributed by atoms with van der Waals surface area (Å²) in [6.07, 6.45) is 6.99. The molecule has 0 saturated heterocycles. The largest absolute Gasteiger partial charge is 0.373 e. The summed E-state index contributed by atoms with van der Waals surface area (Å²) in [6, 6.07) is 7.50. The second-order valence-corrected chi connectivity index (χ2v) is 6.31. The average Bonchev–Trinajstić information content (AvgIpc) is 3.30. The second kappa shape index (κ2) is 7.09. The van der Waals surface area contributed by atoms with Gasteiger partial charge in [-0.15, -0.1) is 0 Å². The summed E-state index contributed by atoms with van der Waals surface area (Å²) in [5.41, 5.74) is 2.46. The van der Waals surface area contributed by atoms with Crippen molar-refractivity contribution in [2.75, 3.05) is 13.2 Å². The lowest BCUT2D eigenvalue weighted by Gasteiger charge is -2.34. The van der Waals surface area contributed by atoms with Crippen LogP contribution in [0.15, 0.2) is 49.2 Å². The first-order valence-corrected chi connectivity index (χ1v) is 8.48. The Kier molecular flexibility index (Phi) is 4.49. The molecule has 0 aliphatic carbocycles. The lowest BCUT2D eigenvalue weighted by Crippen LogP contribution is -2.42. The zero-order valence-electron chi connectivity index (χ0n) is 14.5. The fourth-order valence-electron chi connectivity index (χ4n) is 3.20. The van der Waals surface area contributed by atoms with Crippen LogP contribution in [0.1, 0.15) is 27.9 Å². The molecule has 0 spiro atoms. The molecular formula is C18H20N6O2. The van der Waals surface area contributed by atoms with E-state index < -0.39 is 0 Å². The van der Waals surface area contributed by atoms with Crippen LogP contribution < -0.4 is 0 Å². The predicted molar refractivity (Wildman–Crippen MR) is 93.1 cm³/mol. The van der Waals surface area contributed by atoms with Crippen molar-refractivity contribution in [1.29, 1.82) is 0 Å². The van der Waals surface area contributed by atoms with Crippen molar-refractivity contribution in [2.45, 2.75) is 19.2 Å². The highest BCUT2D eigenvalue weighted by Gasteiger charge is 2.29. The number of amides is 1. The first-order valence-electron chi connectivity index (χ1n) is 8.48. The van der Waals surface area contributed by atoms with Crippen LogP contribution in [-0.2, 0) is 24.9 Å². The maximum absolute atomic E-state index is 12.8. The molecule has 1 atom stereocenters. The highest BCUT2D eigenvalue weighted by Crippen LogP contribution is 2.23. The normalized spacial score (nSPS) is 16.5. The van der Waals surface area contributed by atoms with Crippen LogP contribution in [0.5, 0.6) is 0 Å². The number of ether oxygens (including phenoxy) is 1. The number of rotatable bonds is 5. The van der Waals surface area contributed by atoms with Crippen molar-refractivity contribution in [3.63, 3.8) is 0 Å². The summed E-state index contributed by atoms with van der Waals surface area (Å²) in [6.45, 7) is 2.02. The molecule has 3 aromatic heterocycles. The van der Waals surface area contributed by atoms with Gasteiger partial charge in [0, 0.05) is 32.2 Å². The summed E-state index contributed by atoms with van der Waals surface area (Å²) >= 11 is 0. The maximum Gasteiger partial charge on any atom is 0.272 e. The molecule has 0 bridgehead atoms. The topological polar surface area (TPSA) is 78.1 Å². The van der Waals surface area contributed by atoms with Gasteiger partial charge in [0.05, 0.1) is 43.5 Å². The quantitative estimate of drug-likeness (QED) is 0.694. The summed E-state index contributed by atoms with van der Waals surface area (Å²) in [4.78, 5) is 23.2. The minimum absolute atomic E-state index is 0.0159. The molecule has 0 fully saturated rings. The third kappa shape index (κ3) is 3.23. The summed E-state index contributed by atoms with van der Waals surface area (Å²) < 4.78 is 9.55. The average molecular weight is 352 g/mol. The van der Waals surface area contributed by atoms with Crippen LogP contribution in [-0.4, -0.2) is 48.3 Å². The Balaban J connectivity index is 1.46. The number of pyridine rings is 1. The van der Waals surface area contributed by atoms with E-state index in [0.717, 1.165) is 11.4 Å². The number of aryl methyl sites for hydroxylation is 1. The van der Waals surface area contributed by atoms with Crippen LogP contribution in [0, 0.1) is 0 Å². The summed E-state index contributed by atoms with van der Waals surface area (Å²) in [7, 11) is 1.77. The van der Waals surface area contributed by atoms with Gasteiger partial charge in [-0.05, 0) is 18.2 Å². The van der Waals surface area contributed by atoms with Crippen LogP contribution in [0.3, 0.4) is 0 Å². The lowest BCUT2D eigenvalue weighted by molar-refractivity contribution is 0.0467. The molecule has 0 aromatic carbocycles. The molecule has 8 heteroatoms. The molecule has 0 saturated carbocycles. The van der Waals surface area contributed by atoms with Crippen LogP contribution in [0.2, 0.25) is 0 Å². The van der Waals surface area contributed by atoms with Crippen LogP contribution >= 0.6 is 0 Å². The van der Waals surface area contributed by atoms with E-state index in [4.69, 9.17) is 4.74 Å². The molecule has 1 amide bonds. The van der Waals surface area contributed by atoms with E-state index in [-0.39, 0.29) is 11.9 Å². The zero-order chi connectivity index (χ0) is 17.9. The lowest BCUT2D eigenvalue weighted by atomic mass is 10.2. The van der Waals surface area contributed by atoms with Gasteiger partial charge >= 0.3 is 0 Å². The molecule has 26 heavy (non-hydrogen) atoms.